The van der Waals surface area contributed by atoms with E-state index in [2.05, 4.69) is 6.92 Å². The van der Waals surface area contributed by atoms with E-state index in [1.54, 1.807) is 0 Å². The predicted molar refractivity (Wildman–Crippen MR) is 79.2 cm³/mol. The standard InChI is InChI=1S/C16H24N2O2/c1-2-6-14(17)11-16(19)18-9-10-20-15(12-18)13-7-4-3-5-8-13/h3-5,7-8,14-15H,2,6,9-12,17H2,1H3. The van der Waals surface area contributed by atoms with Crippen LogP contribution in [0.1, 0.15) is 37.9 Å². The van der Waals surface area contributed by atoms with Crippen LogP contribution in [0, 0.1) is 0 Å². The Morgan fingerprint density at radius 2 is 2.20 bits per heavy atom. The molecule has 1 aromatic rings. The number of ether oxygens (including phenoxy) is 1. The molecule has 1 aliphatic heterocycles. The van der Waals surface area contributed by atoms with Crippen LogP contribution in [-0.4, -0.2) is 36.5 Å². The van der Waals surface area contributed by atoms with Gasteiger partial charge in [-0.25, -0.2) is 0 Å². The molecule has 0 radical (unpaired) electrons. The summed E-state index contributed by atoms with van der Waals surface area (Å²) in [6, 6.07) is 10.0. The van der Waals surface area contributed by atoms with Crippen molar-refractivity contribution >= 4 is 5.91 Å². The fourth-order valence-corrected chi connectivity index (χ4v) is 2.57. The number of hydrogen-bond donors (Lipinski definition) is 1. The molecule has 1 saturated heterocycles. The molecular weight excluding hydrogens is 252 g/mol. The minimum absolute atomic E-state index is 0.0173. The van der Waals surface area contributed by atoms with Crippen LogP contribution in [0.25, 0.3) is 0 Å². The molecule has 0 saturated carbocycles. The summed E-state index contributed by atoms with van der Waals surface area (Å²) >= 11 is 0. The van der Waals surface area contributed by atoms with Crippen LogP contribution in [0.2, 0.25) is 0 Å². The molecule has 1 aliphatic rings. The van der Waals surface area contributed by atoms with Crippen LogP contribution in [-0.2, 0) is 9.53 Å². The molecule has 2 rings (SSSR count). The normalized spacial score (nSPS) is 20.7. The Morgan fingerprint density at radius 3 is 2.90 bits per heavy atom. The van der Waals surface area contributed by atoms with Crippen molar-refractivity contribution in [2.24, 2.45) is 5.73 Å². The van der Waals surface area contributed by atoms with Gasteiger partial charge in [-0.3, -0.25) is 4.79 Å². The highest BCUT2D eigenvalue weighted by Crippen LogP contribution is 2.22. The van der Waals surface area contributed by atoms with Crippen LogP contribution >= 0.6 is 0 Å². The van der Waals surface area contributed by atoms with E-state index in [0.29, 0.717) is 26.1 Å². The molecule has 0 bridgehead atoms. The van der Waals surface area contributed by atoms with Gasteiger partial charge in [0, 0.05) is 19.0 Å². The molecular formula is C16H24N2O2. The van der Waals surface area contributed by atoms with E-state index >= 15 is 0 Å². The van der Waals surface area contributed by atoms with E-state index < -0.39 is 0 Å². The third-order valence-electron chi connectivity index (χ3n) is 3.69. The molecule has 1 aromatic carbocycles. The van der Waals surface area contributed by atoms with Crippen molar-refractivity contribution in [3.8, 4) is 0 Å². The second kappa shape index (κ2) is 7.41. The van der Waals surface area contributed by atoms with Gasteiger partial charge in [0.25, 0.3) is 0 Å². The fraction of sp³-hybridized carbons (Fsp3) is 0.562. The second-order valence-corrected chi connectivity index (χ2v) is 5.36. The maximum Gasteiger partial charge on any atom is 0.224 e. The average molecular weight is 276 g/mol. The van der Waals surface area contributed by atoms with Gasteiger partial charge >= 0.3 is 0 Å². The molecule has 2 unspecified atom stereocenters. The first kappa shape index (κ1) is 15.0. The van der Waals surface area contributed by atoms with Gasteiger partial charge in [-0.1, -0.05) is 43.7 Å². The smallest absolute Gasteiger partial charge is 0.224 e. The topological polar surface area (TPSA) is 55.6 Å². The summed E-state index contributed by atoms with van der Waals surface area (Å²) in [7, 11) is 0. The van der Waals surface area contributed by atoms with Gasteiger partial charge < -0.3 is 15.4 Å². The van der Waals surface area contributed by atoms with Gasteiger partial charge in [-0.15, -0.1) is 0 Å². The molecule has 0 aromatic heterocycles. The lowest BCUT2D eigenvalue weighted by Gasteiger charge is -2.33. The second-order valence-electron chi connectivity index (χ2n) is 5.36. The third kappa shape index (κ3) is 4.05. The number of nitrogens with two attached hydrogens (primary N) is 1. The SMILES string of the molecule is CCCC(N)CC(=O)N1CCOC(c2ccccc2)C1. The number of benzene rings is 1. The molecule has 0 aliphatic carbocycles. The lowest BCUT2D eigenvalue weighted by molar-refractivity contribution is -0.139. The van der Waals surface area contributed by atoms with E-state index in [0.717, 1.165) is 18.4 Å². The van der Waals surface area contributed by atoms with Gasteiger partial charge in [0.2, 0.25) is 5.91 Å². The minimum atomic E-state index is -0.0227. The molecule has 4 nitrogen and oxygen atoms in total. The molecule has 2 N–H and O–H groups in total. The number of nitrogens with zero attached hydrogens (tertiary/aromatic N) is 1. The van der Waals surface area contributed by atoms with Crippen molar-refractivity contribution in [1.29, 1.82) is 0 Å². The summed E-state index contributed by atoms with van der Waals surface area (Å²) in [4.78, 5) is 14.1. The molecule has 1 amide bonds. The average Bonchev–Trinajstić information content (AvgIpc) is 2.48. The number of amides is 1. The lowest BCUT2D eigenvalue weighted by atomic mass is 10.1. The Hall–Kier alpha value is -1.39. The summed E-state index contributed by atoms with van der Waals surface area (Å²) in [6.45, 7) is 3.97. The summed E-state index contributed by atoms with van der Waals surface area (Å²) in [5, 5.41) is 0. The monoisotopic (exact) mass is 276 g/mol. The van der Waals surface area contributed by atoms with E-state index in [1.165, 1.54) is 0 Å². The first-order chi connectivity index (χ1) is 9.70. The number of carbonyl (C=O) groups is 1. The van der Waals surface area contributed by atoms with Crippen LogP contribution in [0.4, 0.5) is 0 Å². The van der Waals surface area contributed by atoms with Crippen LogP contribution < -0.4 is 5.73 Å². The summed E-state index contributed by atoms with van der Waals surface area (Å²) in [5.41, 5.74) is 7.09. The van der Waals surface area contributed by atoms with Crippen molar-refractivity contribution in [3.05, 3.63) is 35.9 Å². The van der Waals surface area contributed by atoms with Gasteiger partial charge in [-0.2, -0.15) is 0 Å². The summed E-state index contributed by atoms with van der Waals surface area (Å²) < 4.78 is 5.77. The van der Waals surface area contributed by atoms with Crippen LogP contribution in [0.5, 0.6) is 0 Å². The van der Waals surface area contributed by atoms with E-state index in [-0.39, 0.29) is 18.1 Å². The molecule has 110 valence electrons. The van der Waals surface area contributed by atoms with Crippen LogP contribution in [0.15, 0.2) is 30.3 Å². The van der Waals surface area contributed by atoms with Gasteiger partial charge in [0.05, 0.1) is 13.2 Å². The highest BCUT2D eigenvalue weighted by atomic mass is 16.5. The number of hydrogen-bond acceptors (Lipinski definition) is 3. The van der Waals surface area contributed by atoms with Crippen molar-refractivity contribution in [1.82, 2.24) is 4.90 Å². The third-order valence-corrected chi connectivity index (χ3v) is 3.69. The highest BCUT2D eigenvalue weighted by Gasteiger charge is 2.25. The molecule has 4 heteroatoms. The summed E-state index contributed by atoms with van der Waals surface area (Å²) in [6.07, 6.45) is 2.34. The Morgan fingerprint density at radius 1 is 1.45 bits per heavy atom. The van der Waals surface area contributed by atoms with Crippen molar-refractivity contribution in [2.45, 2.75) is 38.3 Å². The molecule has 20 heavy (non-hydrogen) atoms. The first-order valence-electron chi connectivity index (χ1n) is 7.40. The number of carbonyl (C=O) groups excluding carboxylic acids is 1. The van der Waals surface area contributed by atoms with Gasteiger partial charge in [0.15, 0.2) is 0 Å². The Balaban J connectivity index is 1.91. The Kier molecular flexibility index (Phi) is 5.56. The van der Waals surface area contributed by atoms with E-state index in [9.17, 15) is 4.79 Å². The van der Waals surface area contributed by atoms with Gasteiger partial charge in [-0.05, 0) is 12.0 Å². The fourth-order valence-electron chi connectivity index (χ4n) is 2.57. The minimum Gasteiger partial charge on any atom is -0.370 e. The van der Waals surface area contributed by atoms with E-state index in [4.69, 9.17) is 10.5 Å². The maximum absolute atomic E-state index is 12.3. The first-order valence-corrected chi connectivity index (χ1v) is 7.40. The molecule has 1 heterocycles. The van der Waals surface area contributed by atoms with Crippen LogP contribution in [0.3, 0.4) is 0 Å². The molecule has 0 spiro atoms. The maximum atomic E-state index is 12.3. The Bertz CT molecular complexity index is 422. The quantitative estimate of drug-likeness (QED) is 0.896. The zero-order valence-corrected chi connectivity index (χ0v) is 12.1. The Labute approximate surface area is 120 Å². The largest absolute Gasteiger partial charge is 0.370 e. The highest BCUT2D eigenvalue weighted by molar-refractivity contribution is 5.77. The molecule has 1 fully saturated rings. The zero-order chi connectivity index (χ0) is 14.4. The van der Waals surface area contributed by atoms with Crippen molar-refractivity contribution < 1.29 is 9.53 Å². The summed E-state index contributed by atoms with van der Waals surface area (Å²) in [5.74, 6) is 0.148. The number of morpholine rings is 1. The van der Waals surface area contributed by atoms with Crippen molar-refractivity contribution in [3.63, 3.8) is 0 Å². The predicted octanol–water partition coefficient (Wildman–Crippen LogP) is 2.10. The van der Waals surface area contributed by atoms with Crippen molar-refractivity contribution in [2.75, 3.05) is 19.7 Å². The van der Waals surface area contributed by atoms with E-state index in [1.807, 2.05) is 35.2 Å². The van der Waals surface area contributed by atoms with Gasteiger partial charge in [0.1, 0.15) is 6.10 Å². The molecule has 2 atom stereocenters. The zero-order valence-electron chi connectivity index (χ0n) is 12.1. The number of rotatable bonds is 5. The lowest BCUT2D eigenvalue weighted by Crippen LogP contribution is -2.44.